The van der Waals surface area contributed by atoms with E-state index in [4.69, 9.17) is 5.73 Å². The van der Waals surface area contributed by atoms with Crippen molar-refractivity contribution in [2.24, 2.45) is 15.9 Å². The lowest BCUT2D eigenvalue weighted by Gasteiger charge is -2.12. The van der Waals surface area contributed by atoms with Crippen LogP contribution >= 0.6 is 0 Å². The first kappa shape index (κ1) is 12.5. The van der Waals surface area contributed by atoms with Crippen LogP contribution in [0.2, 0.25) is 0 Å². The van der Waals surface area contributed by atoms with Gasteiger partial charge >= 0.3 is 6.18 Å². The summed E-state index contributed by atoms with van der Waals surface area (Å²) in [6.07, 6.45) is -3.85. The Kier molecular flexibility index (Phi) is 3.06. The third-order valence-corrected chi connectivity index (χ3v) is 2.48. The van der Waals surface area contributed by atoms with E-state index in [9.17, 15) is 17.6 Å². The van der Waals surface area contributed by atoms with Crippen molar-refractivity contribution in [3.05, 3.63) is 35.1 Å². The van der Waals surface area contributed by atoms with Crippen LogP contribution in [0.4, 0.5) is 17.6 Å². The van der Waals surface area contributed by atoms with Crippen LogP contribution in [0.15, 0.2) is 28.4 Å². The number of hydrogen-bond donors (Lipinski definition) is 1. The molecule has 0 bridgehead atoms. The molecule has 0 spiro atoms. The summed E-state index contributed by atoms with van der Waals surface area (Å²) in [5.41, 5.74) is 4.74. The van der Waals surface area contributed by atoms with E-state index in [1.165, 1.54) is 0 Å². The number of hydrogen-bond acceptors (Lipinski definition) is 3. The minimum Gasteiger partial charge on any atom is -0.386 e. The minimum atomic E-state index is -4.59. The molecule has 3 nitrogen and oxygen atoms in total. The Balaban J connectivity index is 2.43. The maximum atomic E-state index is 13.2. The number of alkyl halides is 3. The van der Waals surface area contributed by atoms with Gasteiger partial charge in [-0.25, -0.2) is 4.39 Å². The molecule has 2 N–H and O–H groups in total. The normalized spacial score (nSPS) is 16.2. The molecular formula is C11H9F4N3. The maximum Gasteiger partial charge on any atom is 0.416 e. The average Bonchev–Trinajstić information content (AvgIpc) is 2.28. The highest BCUT2D eigenvalue weighted by Crippen LogP contribution is 2.31. The molecule has 1 aromatic carbocycles. The molecule has 0 saturated heterocycles. The van der Waals surface area contributed by atoms with Gasteiger partial charge in [-0.3, -0.25) is 0 Å². The van der Waals surface area contributed by atoms with Gasteiger partial charge in [-0.2, -0.15) is 18.3 Å². The maximum absolute atomic E-state index is 13.2. The summed E-state index contributed by atoms with van der Waals surface area (Å²) in [6, 6.07) is 2.31. The highest BCUT2D eigenvalue weighted by molar-refractivity contribution is 6.04. The Bertz CT molecular complexity index is 532. The van der Waals surface area contributed by atoms with Crippen LogP contribution in [-0.2, 0) is 6.18 Å². The molecule has 1 aliphatic heterocycles. The molecular weight excluding hydrogens is 250 g/mol. The molecule has 2 rings (SSSR count). The highest BCUT2D eigenvalue weighted by Gasteiger charge is 2.31. The number of nitrogens with zero attached hydrogens (tertiary/aromatic N) is 2. The molecule has 0 unspecified atom stereocenters. The van der Waals surface area contributed by atoms with E-state index in [-0.39, 0.29) is 5.56 Å². The van der Waals surface area contributed by atoms with E-state index in [2.05, 4.69) is 10.2 Å². The average molecular weight is 259 g/mol. The van der Waals surface area contributed by atoms with E-state index in [0.717, 1.165) is 12.1 Å². The van der Waals surface area contributed by atoms with Crippen molar-refractivity contribution in [1.82, 2.24) is 0 Å². The van der Waals surface area contributed by atoms with Gasteiger partial charge in [0, 0.05) is 12.0 Å². The fourth-order valence-corrected chi connectivity index (χ4v) is 1.59. The Morgan fingerprint density at radius 2 is 1.78 bits per heavy atom. The first-order chi connectivity index (χ1) is 8.36. The molecule has 0 saturated carbocycles. The van der Waals surface area contributed by atoms with Crippen LogP contribution in [0, 0.1) is 5.82 Å². The second-order valence-corrected chi connectivity index (χ2v) is 3.86. The van der Waals surface area contributed by atoms with Gasteiger partial charge in [-0.15, -0.1) is 5.10 Å². The number of nitrogens with two attached hydrogens (primary N) is 1. The molecule has 7 heteroatoms. The number of benzene rings is 1. The lowest BCUT2D eigenvalue weighted by molar-refractivity contribution is -0.137. The lowest BCUT2D eigenvalue weighted by Crippen LogP contribution is -2.18. The molecule has 0 aromatic heterocycles. The SMILES string of the molecule is NC1=NN=C(c2cc(F)cc(C(F)(F)F)c2)CC1. The van der Waals surface area contributed by atoms with Gasteiger partial charge in [-0.05, 0) is 24.6 Å². The molecule has 18 heavy (non-hydrogen) atoms. The van der Waals surface area contributed by atoms with Crippen LogP contribution in [0.1, 0.15) is 24.0 Å². The summed E-state index contributed by atoms with van der Waals surface area (Å²) in [4.78, 5) is 0. The van der Waals surface area contributed by atoms with Crippen molar-refractivity contribution in [3.8, 4) is 0 Å². The molecule has 1 aliphatic rings. The predicted octanol–water partition coefficient (Wildman–Crippen LogP) is 2.70. The van der Waals surface area contributed by atoms with Gasteiger partial charge < -0.3 is 5.73 Å². The minimum absolute atomic E-state index is 0.0820. The van der Waals surface area contributed by atoms with Crippen molar-refractivity contribution in [3.63, 3.8) is 0 Å². The molecule has 0 radical (unpaired) electrons. The third kappa shape index (κ3) is 2.66. The van der Waals surface area contributed by atoms with Crippen molar-refractivity contribution >= 4 is 11.5 Å². The van der Waals surface area contributed by atoms with E-state index in [1.807, 2.05) is 0 Å². The summed E-state index contributed by atoms with van der Waals surface area (Å²) in [7, 11) is 0. The van der Waals surface area contributed by atoms with Gasteiger partial charge in [-0.1, -0.05) is 0 Å². The fraction of sp³-hybridized carbons (Fsp3) is 0.273. The molecule has 0 atom stereocenters. The Morgan fingerprint density at radius 1 is 1.06 bits per heavy atom. The Morgan fingerprint density at radius 3 is 2.33 bits per heavy atom. The van der Waals surface area contributed by atoms with Gasteiger partial charge in [0.2, 0.25) is 0 Å². The molecule has 0 aliphatic carbocycles. The van der Waals surface area contributed by atoms with Crippen LogP contribution in [0.25, 0.3) is 0 Å². The van der Waals surface area contributed by atoms with Crippen LogP contribution in [0.3, 0.4) is 0 Å². The number of amidine groups is 1. The van der Waals surface area contributed by atoms with E-state index >= 15 is 0 Å². The van der Waals surface area contributed by atoms with Crippen LogP contribution in [0.5, 0.6) is 0 Å². The molecule has 0 fully saturated rings. The van der Waals surface area contributed by atoms with Crippen LogP contribution < -0.4 is 5.73 Å². The van der Waals surface area contributed by atoms with Crippen molar-refractivity contribution < 1.29 is 17.6 Å². The Labute approximate surface area is 100 Å². The number of rotatable bonds is 1. The topological polar surface area (TPSA) is 50.7 Å². The zero-order chi connectivity index (χ0) is 13.3. The summed E-state index contributed by atoms with van der Waals surface area (Å²) < 4.78 is 50.7. The van der Waals surface area contributed by atoms with Gasteiger partial charge in [0.05, 0.1) is 11.3 Å². The smallest absolute Gasteiger partial charge is 0.386 e. The second kappa shape index (κ2) is 4.40. The standard InChI is InChI=1S/C11H9F4N3/c12-8-4-6(3-7(5-8)11(13,14)15)9-1-2-10(16)18-17-9/h3-5H,1-2H2,(H2,16,18). The first-order valence-corrected chi connectivity index (χ1v) is 5.13. The Hall–Kier alpha value is -1.92. The quantitative estimate of drug-likeness (QED) is 0.774. The molecule has 0 amide bonds. The van der Waals surface area contributed by atoms with Gasteiger partial charge in [0.25, 0.3) is 0 Å². The second-order valence-electron chi connectivity index (χ2n) is 3.86. The molecule has 1 aromatic rings. The fourth-order valence-electron chi connectivity index (χ4n) is 1.59. The van der Waals surface area contributed by atoms with Crippen molar-refractivity contribution in [2.75, 3.05) is 0 Å². The molecule has 1 heterocycles. The zero-order valence-corrected chi connectivity index (χ0v) is 9.13. The monoisotopic (exact) mass is 259 g/mol. The van der Waals surface area contributed by atoms with E-state index in [0.29, 0.717) is 30.5 Å². The largest absolute Gasteiger partial charge is 0.416 e. The summed E-state index contributed by atoms with van der Waals surface area (Å²) in [5.74, 6) is -0.642. The number of halogens is 4. The van der Waals surface area contributed by atoms with Crippen molar-refractivity contribution in [1.29, 1.82) is 0 Å². The van der Waals surface area contributed by atoms with Gasteiger partial charge in [0.15, 0.2) is 0 Å². The summed E-state index contributed by atoms with van der Waals surface area (Å²) in [6.45, 7) is 0. The molecule has 96 valence electrons. The summed E-state index contributed by atoms with van der Waals surface area (Å²) >= 11 is 0. The first-order valence-electron chi connectivity index (χ1n) is 5.13. The van der Waals surface area contributed by atoms with Crippen LogP contribution in [-0.4, -0.2) is 11.5 Å². The van der Waals surface area contributed by atoms with E-state index in [1.54, 1.807) is 0 Å². The van der Waals surface area contributed by atoms with E-state index < -0.39 is 17.6 Å². The van der Waals surface area contributed by atoms with Crippen molar-refractivity contribution in [2.45, 2.75) is 19.0 Å². The zero-order valence-electron chi connectivity index (χ0n) is 9.13. The lowest BCUT2D eigenvalue weighted by atomic mass is 10.0. The predicted molar refractivity (Wildman–Crippen MR) is 58.8 cm³/mol. The van der Waals surface area contributed by atoms with Gasteiger partial charge in [0.1, 0.15) is 11.7 Å². The summed E-state index contributed by atoms with van der Waals surface area (Å²) in [5, 5.41) is 7.28. The highest BCUT2D eigenvalue weighted by atomic mass is 19.4. The third-order valence-electron chi connectivity index (χ3n) is 2.48.